The molecule has 5 nitrogen and oxygen atoms in total. The minimum absolute atomic E-state index is 0.123. The summed E-state index contributed by atoms with van der Waals surface area (Å²) in [6.07, 6.45) is 3.25. The second-order valence-electron chi connectivity index (χ2n) is 4.30. The van der Waals surface area contributed by atoms with Gasteiger partial charge < -0.3 is 15.2 Å². The van der Waals surface area contributed by atoms with E-state index in [1.54, 1.807) is 36.5 Å². The van der Waals surface area contributed by atoms with E-state index in [0.29, 0.717) is 16.5 Å². The fourth-order valence-electron chi connectivity index (χ4n) is 1.61. The van der Waals surface area contributed by atoms with Crippen molar-refractivity contribution >= 4 is 23.3 Å². The molecular weight excluding hydrogens is 292 g/mol. The number of benzene rings is 1. The minimum atomic E-state index is -0.355. The van der Waals surface area contributed by atoms with Crippen LogP contribution in [0.2, 0.25) is 5.02 Å². The van der Waals surface area contributed by atoms with E-state index in [-0.39, 0.29) is 25.6 Å². The van der Waals surface area contributed by atoms with E-state index in [9.17, 15) is 4.79 Å². The standard InChI is InChI=1S/C15H15ClN2O3/c16-14-9-18-6-4-11(14)10-21-15(19)5-7-20-13-3-1-2-12(17)8-13/h1-4,6,8-9H,5,7,10,17H2. The number of hydrogen-bond donors (Lipinski definition) is 1. The maximum absolute atomic E-state index is 11.6. The van der Waals surface area contributed by atoms with Gasteiger partial charge in [0, 0.05) is 29.7 Å². The van der Waals surface area contributed by atoms with Crippen molar-refractivity contribution in [1.82, 2.24) is 4.98 Å². The molecule has 0 aliphatic heterocycles. The van der Waals surface area contributed by atoms with E-state index < -0.39 is 0 Å². The van der Waals surface area contributed by atoms with Gasteiger partial charge in [-0.1, -0.05) is 17.7 Å². The highest BCUT2D eigenvalue weighted by molar-refractivity contribution is 6.31. The third-order valence-corrected chi connectivity index (χ3v) is 3.02. The number of carbonyl (C=O) groups excluding carboxylic acids is 1. The summed E-state index contributed by atoms with van der Waals surface area (Å²) in [5.74, 6) is 0.270. The second-order valence-corrected chi connectivity index (χ2v) is 4.71. The molecule has 0 fully saturated rings. The maximum atomic E-state index is 11.6. The molecule has 1 heterocycles. The van der Waals surface area contributed by atoms with Crippen LogP contribution in [0.5, 0.6) is 5.75 Å². The zero-order chi connectivity index (χ0) is 15.1. The molecule has 0 unspecified atom stereocenters. The number of halogens is 1. The average Bonchev–Trinajstić information content (AvgIpc) is 2.46. The van der Waals surface area contributed by atoms with Crippen LogP contribution >= 0.6 is 11.6 Å². The molecule has 6 heteroatoms. The lowest BCUT2D eigenvalue weighted by atomic mass is 10.3. The highest BCUT2D eigenvalue weighted by Gasteiger charge is 2.06. The third kappa shape index (κ3) is 4.96. The van der Waals surface area contributed by atoms with Gasteiger partial charge in [-0.05, 0) is 18.2 Å². The van der Waals surface area contributed by atoms with Gasteiger partial charge in [-0.2, -0.15) is 0 Å². The largest absolute Gasteiger partial charge is 0.493 e. The van der Waals surface area contributed by atoms with E-state index in [1.807, 2.05) is 0 Å². The predicted octanol–water partition coefficient (Wildman–Crippen LogP) is 2.83. The van der Waals surface area contributed by atoms with Gasteiger partial charge in [0.1, 0.15) is 12.4 Å². The normalized spacial score (nSPS) is 10.1. The van der Waals surface area contributed by atoms with Crippen LogP contribution in [0.3, 0.4) is 0 Å². The monoisotopic (exact) mass is 306 g/mol. The average molecular weight is 307 g/mol. The number of aromatic nitrogens is 1. The van der Waals surface area contributed by atoms with Gasteiger partial charge >= 0.3 is 5.97 Å². The molecule has 0 aliphatic rings. The molecule has 2 aromatic rings. The van der Waals surface area contributed by atoms with Gasteiger partial charge in [-0.25, -0.2) is 0 Å². The van der Waals surface area contributed by atoms with Crippen LogP contribution < -0.4 is 10.5 Å². The zero-order valence-corrected chi connectivity index (χ0v) is 12.0. The Labute approximate surface area is 127 Å². The summed E-state index contributed by atoms with van der Waals surface area (Å²) in [7, 11) is 0. The first-order valence-electron chi connectivity index (χ1n) is 6.37. The van der Waals surface area contributed by atoms with Gasteiger partial charge in [0.05, 0.1) is 18.1 Å². The van der Waals surface area contributed by atoms with Gasteiger partial charge in [0.15, 0.2) is 0 Å². The fourth-order valence-corrected chi connectivity index (χ4v) is 1.78. The van der Waals surface area contributed by atoms with Gasteiger partial charge in [-0.15, -0.1) is 0 Å². The van der Waals surface area contributed by atoms with Crippen molar-refractivity contribution in [1.29, 1.82) is 0 Å². The predicted molar refractivity (Wildman–Crippen MR) is 80.0 cm³/mol. The second kappa shape index (κ2) is 7.50. The third-order valence-electron chi connectivity index (χ3n) is 2.68. The lowest BCUT2D eigenvalue weighted by Crippen LogP contribution is -2.10. The highest BCUT2D eigenvalue weighted by Crippen LogP contribution is 2.16. The topological polar surface area (TPSA) is 74.4 Å². The highest BCUT2D eigenvalue weighted by atomic mass is 35.5. The summed E-state index contributed by atoms with van der Waals surface area (Å²) in [5.41, 5.74) is 6.96. The summed E-state index contributed by atoms with van der Waals surface area (Å²) in [5, 5.41) is 0.473. The Morgan fingerprint density at radius 1 is 1.33 bits per heavy atom. The van der Waals surface area contributed by atoms with Crippen molar-refractivity contribution in [3.8, 4) is 5.75 Å². The van der Waals surface area contributed by atoms with Crippen molar-refractivity contribution in [3.63, 3.8) is 0 Å². The summed E-state index contributed by atoms with van der Waals surface area (Å²) < 4.78 is 10.5. The zero-order valence-electron chi connectivity index (χ0n) is 11.3. The number of carbonyl (C=O) groups is 1. The number of nitrogen functional groups attached to an aromatic ring is 1. The molecule has 0 amide bonds. The van der Waals surface area contributed by atoms with E-state index in [1.165, 1.54) is 6.20 Å². The Balaban J connectivity index is 1.72. The van der Waals surface area contributed by atoms with Crippen molar-refractivity contribution < 1.29 is 14.3 Å². The Hall–Kier alpha value is -2.27. The van der Waals surface area contributed by atoms with E-state index in [0.717, 1.165) is 5.56 Å². The number of ether oxygens (including phenoxy) is 2. The minimum Gasteiger partial charge on any atom is -0.493 e. The molecule has 110 valence electrons. The first kappa shape index (κ1) is 15.1. The van der Waals surface area contributed by atoms with Crippen molar-refractivity contribution in [2.75, 3.05) is 12.3 Å². The van der Waals surface area contributed by atoms with Gasteiger partial charge in [0.25, 0.3) is 0 Å². The van der Waals surface area contributed by atoms with Crippen molar-refractivity contribution in [2.24, 2.45) is 0 Å². The number of anilines is 1. The van der Waals surface area contributed by atoms with E-state index in [4.69, 9.17) is 26.8 Å². The fraction of sp³-hybridized carbons (Fsp3) is 0.200. The summed E-state index contributed by atoms with van der Waals surface area (Å²) in [6, 6.07) is 8.73. The Kier molecular flexibility index (Phi) is 5.40. The molecule has 0 saturated heterocycles. The molecule has 0 radical (unpaired) electrons. The van der Waals surface area contributed by atoms with Crippen LogP contribution in [0.25, 0.3) is 0 Å². The van der Waals surface area contributed by atoms with Crippen LogP contribution in [-0.4, -0.2) is 17.6 Å². The molecule has 2 rings (SSSR count). The molecule has 2 N–H and O–H groups in total. The Morgan fingerprint density at radius 3 is 2.95 bits per heavy atom. The smallest absolute Gasteiger partial charge is 0.309 e. The molecule has 21 heavy (non-hydrogen) atoms. The lowest BCUT2D eigenvalue weighted by Gasteiger charge is -2.08. The van der Waals surface area contributed by atoms with Crippen molar-refractivity contribution in [2.45, 2.75) is 13.0 Å². The van der Waals surface area contributed by atoms with E-state index >= 15 is 0 Å². The van der Waals surface area contributed by atoms with Gasteiger partial charge in [0.2, 0.25) is 0 Å². The molecule has 0 spiro atoms. The number of nitrogens with zero attached hydrogens (tertiary/aromatic N) is 1. The van der Waals surface area contributed by atoms with Gasteiger partial charge in [-0.3, -0.25) is 9.78 Å². The number of esters is 1. The quantitative estimate of drug-likeness (QED) is 0.656. The first-order chi connectivity index (χ1) is 10.1. The van der Waals surface area contributed by atoms with Crippen LogP contribution in [0, 0.1) is 0 Å². The van der Waals surface area contributed by atoms with Crippen LogP contribution in [0.15, 0.2) is 42.7 Å². The Morgan fingerprint density at radius 2 is 2.19 bits per heavy atom. The van der Waals surface area contributed by atoms with Crippen LogP contribution in [0.4, 0.5) is 5.69 Å². The van der Waals surface area contributed by atoms with Crippen LogP contribution in [-0.2, 0) is 16.1 Å². The molecule has 0 aliphatic carbocycles. The van der Waals surface area contributed by atoms with E-state index in [2.05, 4.69) is 4.98 Å². The number of nitrogens with two attached hydrogens (primary N) is 1. The SMILES string of the molecule is Nc1cccc(OCCC(=O)OCc2ccncc2Cl)c1. The maximum Gasteiger partial charge on any atom is 0.309 e. The number of pyridine rings is 1. The summed E-state index contributed by atoms with van der Waals surface area (Å²) >= 11 is 5.92. The number of rotatable bonds is 6. The molecule has 1 aromatic heterocycles. The number of hydrogen-bond acceptors (Lipinski definition) is 5. The lowest BCUT2D eigenvalue weighted by molar-refractivity contribution is -0.145. The molecule has 1 aromatic carbocycles. The molecular formula is C15H15ClN2O3. The Bertz CT molecular complexity index is 619. The molecule has 0 saturated carbocycles. The first-order valence-corrected chi connectivity index (χ1v) is 6.75. The molecule has 0 atom stereocenters. The van der Waals surface area contributed by atoms with Crippen LogP contribution in [0.1, 0.15) is 12.0 Å². The summed E-state index contributed by atoms with van der Waals surface area (Å²) in [6.45, 7) is 0.352. The summed E-state index contributed by atoms with van der Waals surface area (Å²) in [4.78, 5) is 15.5. The van der Waals surface area contributed by atoms with Crippen molar-refractivity contribution in [3.05, 3.63) is 53.3 Å². The molecule has 0 bridgehead atoms.